The maximum absolute atomic E-state index is 12.1. The third-order valence-electron chi connectivity index (χ3n) is 3.71. The van der Waals surface area contributed by atoms with E-state index in [1.54, 1.807) is 0 Å². The first-order chi connectivity index (χ1) is 11.9. The highest BCUT2D eigenvalue weighted by atomic mass is 35.5. The van der Waals surface area contributed by atoms with Gasteiger partial charge in [-0.15, -0.1) is 0 Å². The lowest BCUT2D eigenvalue weighted by atomic mass is 10.0. The molecule has 0 saturated heterocycles. The van der Waals surface area contributed by atoms with Gasteiger partial charge in [-0.2, -0.15) is 0 Å². The van der Waals surface area contributed by atoms with E-state index in [9.17, 15) is 14.9 Å². The van der Waals surface area contributed by atoms with Gasteiger partial charge in [0.1, 0.15) is 5.75 Å². The number of halogens is 1. The summed E-state index contributed by atoms with van der Waals surface area (Å²) in [7, 11) is 0. The number of carbonyl (C=O) groups excluding carboxylic acids is 1. The predicted octanol–water partition coefficient (Wildman–Crippen LogP) is 4.20. The van der Waals surface area contributed by atoms with Gasteiger partial charge in [-0.05, 0) is 25.0 Å². The van der Waals surface area contributed by atoms with Crippen molar-refractivity contribution in [1.29, 1.82) is 0 Å². The van der Waals surface area contributed by atoms with Crippen molar-refractivity contribution in [1.82, 2.24) is 5.32 Å². The number of benzene rings is 2. The van der Waals surface area contributed by atoms with E-state index < -0.39 is 4.92 Å². The topological polar surface area (TPSA) is 81.5 Å². The van der Waals surface area contributed by atoms with Crippen LogP contribution in [0.1, 0.15) is 30.5 Å². The number of nitrogens with one attached hydrogen (secondary N) is 1. The Morgan fingerprint density at radius 2 is 1.96 bits per heavy atom. The number of nitro groups is 1. The van der Waals surface area contributed by atoms with Gasteiger partial charge in [0, 0.05) is 12.1 Å². The molecule has 0 unspecified atom stereocenters. The molecule has 2 rings (SSSR count). The molecule has 0 radical (unpaired) electrons. The number of ether oxygens (including phenoxy) is 1. The van der Waals surface area contributed by atoms with Crippen LogP contribution >= 0.6 is 11.6 Å². The number of nitro benzene ring substituents is 1. The Morgan fingerprint density at radius 1 is 1.28 bits per heavy atom. The molecule has 1 atom stereocenters. The number of rotatable bonds is 7. The van der Waals surface area contributed by atoms with Crippen LogP contribution in [0.4, 0.5) is 5.69 Å². The van der Waals surface area contributed by atoms with E-state index in [2.05, 4.69) is 5.32 Å². The second kappa shape index (κ2) is 8.48. The third-order valence-corrected chi connectivity index (χ3v) is 4.00. The minimum atomic E-state index is -0.546. The number of hydrogen-bond acceptors (Lipinski definition) is 4. The molecule has 0 aromatic heterocycles. The van der Waals surface area contributed by atoms with Gasteiger partial charge in [0.25, 0.3) is 11.6 Å². The van der Waals surface area contributed by atoms with Gasteiger partial charge in [0.05, 0.1) is 16.0 Å². The fourth-order valence-corrected chi connectivity index (χ4v) is 2.55. The van der Waals surface area contributed by atoms with Gasteiger partial charge in [0.2, 0.25) is 0 Å². The quantitative estimate of drug-likeness (QED) is 0.591. The van der Waals surface area contributed by atoms with E-state index in [0.29, 0.717) is 0 Å². The number of hydrogen-bond donors (Lipinski definition) is 1. The predicted molar refractivity (Wildman–Crippen MR) is 96.0 cm³/mol. The second-order valence-electron chi connectivity index (χ2n) is 5.60. The first-order valence-corrected chi connectivity index (χ1v) is 8.21. The standard InChI is InChI=1S/C18H19ClN2O4/c1-3-16(13-6-4-12(2)5-7-13)20-18(22)11-25-17-9-8-14(21(23)24)10-15(17)19/h4-10,16H,3,11H2,1-2H3,(H,20,22)/t16-/m0/s1. The molecule has 2 aromatic rings. The highest BCUT2D eigenvalue weighted by molar-refractivity contribution is 6.32. The maximum atomic E-state index is 12.1. The van der Waals surface area contributed by atoms with Crippen molar-refractivity contribution in [3.8, 4) is 5.75 Å². The highest BCUT2D eigenvalue weighted by Gasteiger charge is 2.15. The largest absolute Gasteiger partial charge is 0.482 e. The fourth-order valence-electron chi connectivity index (χ4n) is 2.32. The summed E-state index contributed by atoms with van der Waals surface area (Å²) in [5, 5.41) is 13.7. The molecule has 25 heavy (non-hydrogen) atoms. The monoisotopic (exact) mass is 362 g/mol. The molecule has 1 amide bonds. The summed E-state index contributed by atoms with van der Waals surface area (Å²) < 4.78 is 5.37. The molecule has 0 spiro atoms. The minimum absolute atomic E-state index is 0.0903. The Bertz CT molecular complexity index is 762. The Morgan fingerprint density at radius 3 is 2.52 bits per heavy atom. The van der Waals surface area contributed by atoms with Crippen LogP contribution in [-0.4, -0.2) is 17.4 Å². The Kier molecular flexibility index (Phi) is 6.36. The molecular weight excluding hydrogens is 344 g/mol. The van der Waals surface area contributed by atoms with Crippen molar-refractivity contribution >= 4 is 23.2 Å². The average molecular weight is 363 g/mol. The van der Waals surface area contributed by atoms with Crippen LogP contribution in [0.5, 0.6) is 5.75 Å². The summed E-state index contributed by atoms with van der Waals surface area (Å²) in [5.41, 5.74) is 2.04. The lowest BCUT2D eigenvalue weighted by Gasteiger charge is -2.18. The highest BCUT2D eigenvalue weighted by Crippen LogP contribution is 2.28. The number of nitrogens with zero attached hydrogens (tertiary/aromatic N) is 1. The van der Waals surface area contributed by atoms with Crippen molar-refractivity contribution in [2.24, 2.45) is 0 Å². The number of carbonyl (C=O) groups is 1. The van der Waals surface area contributed by atoms with Crippen LogP contribution < -0.4 is 10.1 Å². The van der Waals surface area contributed by atoms with E-state index >= 15 is 0 Å². The molecule has 0 aliphatic rings. The van der Waals surface area contributed by atoms with Gasteiger partial charge in [-0.1, -0.05) is 48.4 Å². The lowest BCUT2D eigenvalue weighted by molar-refractivity contribution is -0.384. The second-order valence-corrected chi connectivity index (χ2v) is 6.01. The number of aryl methyl sites for hydroxylation is 1. The maximum Gasteiger partial charge on any atom is 0.271 e. The molecule has 0 aliphatic carbocycles. The zero-order valence-electron chi connectivity index (χ0n) is 14.0. The van der Waals surface area contributed by atoms with E-state index in [1.807, 2.05) is 38.1 Å². The van der Waals surface area contributed by atoms with E-state index in [-0.39, 0.29) is 35.0 Å². The van der Waals surface area contributed by atoms with Crippen LogP contribution in [0.25, 0.3) is 0 Å². The summed E-state index contributed by atoms with van der Waals surface area (Å²) in [6.07, 6.45) is 0.743. The zero-order valence-corrected chi connectivity index (χ0v) is 14.7. The number of amides is 1. The first kappa shape index (κ1) is 18.7. The van der Waals surface area contributed by atoms with Crippen molar-refractivity contribution in [3.05, 3.63) is 68.7 Å². The fraction of sp³-hybridized carbons (Fsp3) is 0.278. The summed E-state index contributed by atoms with van der Waals surface area (Å²) in [5.74, 6) is -0.0624. The van der Waals surface area contributed by atoms with Gasteiger partial charge < -0.3 is 10.1 Å². The molecular formula is C18H19ClN2O4. The van der Waals surface area contributed by atoms with Crippen LogP contribution in [0.3, 0.4) is 0 Å². The Balaban J connectivity index is 1.95. The average Bonchev–Trinajstić information content (AvgIpc) is 2.59. The molecule has 0 bridgehead atoms. The molecule has 132 valence electrons. The van der Waals surface area contributed by atoms with E-state index in [1.165, 1.54) is 18.2 Å². The summed E-state index contributed by atoms with van der Waals surface area (Å²) in [6, 6.07) is 11.7. The van der Waals surface area contributed by atoms with Crippen molar-refractivity contribution in [3.63, 3.8) is 0 Å². The van der Waals surface area contributed by atoms with Crippen molar-refractivity contribution < 1.29 is 14.5 Å². The normalized spacial score (nSPS) is 11.6. The molecule has 7 heteroatoms. The Hall–Kier alpha value is -2.60. The minimum Gasteiger partial charge on any atom is -0.482 e. The zero-order chi connectivity index (χ0) is 18.4. The van der Waals surface area contributed by atoms with Crippen molar-refractivity contribution in [2.45, 2.75) is 26.3 Å². The van der Waals surface area contributed by atoms with Gasteiger partial charge in [-0.25, -0.2) is 0 Å². The summed E-state index contributed by atoms with van der Waals surface area (Å²) in [4.78, 5) is 22.3. The molecule has 0 heterocycles. The summed E-state index contributed by atoms with van der Waals surface area (Å²) in [6.45, 7) is 3.77. The molecule has 0 fully saturated rings. The van der Waals surface area contributed by atoms with Gasteiger partial charge in [0.15, 0.2) is 6.61 Å². The van der Waals surface area contributed by atoms with E-state index in [4.69, 9.17) is 16.3 Å². The van der Waals surface area contributed by atoms with Crippen LogP contribution in [0, 0.1) is 17.0 Å². The molecule has 2 aromatic carbocycles. The molecule has 1 N–H and O–H groups in total. The third kappa shape index (κ3) is 5.19. The van der Waals surface area contributed by atoms with Gasteiger partial charge >= 0.3 is 0 Å². The number of non-ortho nitro benzene ring substituents is 1. The molecule has 0 saturated carbocycles. The summed E-state index contributed by atoms with van der Waals surface area (Å²) >= 11 is 5.94. The lowest BCUT2D eigenvalue weighted by Crippen LogP contribution is -2.32. The first-order valence-electron chi connectivity index (χ1n) is 7.83. The van der Waals surface area contributed by atoms with Crippen molar-refractivity contribution in [2.75, 3.05) is 6.61 Å². The SMILES string of the molecule is CC[C@H](NC(=O)COc1ccc([N+](=O)[O-])cc1Cl)c1ccc(C)cc1. The van der Waals surface area contributed by atoms with E-state index in [0.717, 1.165) is 17.5 Å². The van der Waals surface area contributed by atoms with Crippen LogP contribution in [-0.2, 0) is 4.79 Å². The van der Waals surface area contributed by atoms with Crippen LogP contribution in [0.15, 0.2) is 42.5 Å². The molecule has 0 aliphatic heterocycles. The van der Waals surface area contributed by atoms with Crippen LogP contribution in [0.2, 0.25) is 5.02 Å². The Labute approximate surface area is 150 Å². The molecule has 6 nitrogen and oxygen atoms in total. The van der Waals surface area contributed by atoms with Gasteiger partial charge in [-0.3, -0.25) is 14.9 Å². The smallest absolute Gasteiger partial charge is 0.271 e.